The smallest absolute Gasteiger partial charge is 0.343 e. The van der Waals surface area contributed by atoms with Crippen molar-refractivity contribution in [2.75, 3.05) is 7.11 Å². The molecule has 0 amide bonds. The van der Waals surface area contributed by atoms with Crippen molar-refractivity contribution in [3.05, 3.63) is 57.5 Å². The quantitative estimate of drug-likeness (QED) is 0.641. The molecule has 0 aliphatic rings. The van der Waals surface area contributed by atoms with Gasteiger partial charge in [0.05, 0.1) is 7.11 Å². The van der Waals surface area contributed by atoms with Gasteiger partial charge in [0.25, 0.3) is 0 Å². The summed E-state index contributed by atoms with van der Waals surface area (Å²) in [7, 11) is 1.23. The minimum Gasteiger partial charge on any atom is -0.465 e. The number of pyridine rings is 1. The topological polar surface area (TPSA) is 74.6 Å². The SMILES string of the molecule is COC(=O)c1cn(-c2ccc(OC(C)=O)cc2C)c(C)cc1=O. The zero-order valence-corrected chi connectivity index (χ0v) is 13.4. The van der Waals surface area contributed by atoms with Crippen LogP contribution in [-0.4, -0.2) is 23.6 Å². The van der Waals surface area contributed by atoms with E-state index in [0.29, 0.717) is 11.4 Å². The van der Waals surface area contributed by atoms with Crippen molar-refractivity contribution in [1.82, 2.24) is 4.57 Å². The van der Waals surface area contributed by atoms with Crippen molar-refractivity contribution < 1.29 is 19.1 Å². The maximum Gasteiger partial charge on any atom is 0.343 e. The molecule has 0 unspecified atom stereocenters. The Morgan fingerprint density at radius 3 is 2.39 bits per heavy atom. The van der Waals surface area contributed by atoms with Crippen molar-refractivity contribution >= 4 is 11.9 Å². The molecule has 0 bridgehead atoms. The van der Waals surface area contributed by atoms with E-state index in [1.807, 2.05) is 6.92 Å². The molecule has 0 aliphatic heterocycles. The second-order valence-corrected chi connectivity index (χ2v) is 5.10. The van der Waals surface area contributed by atoms with Crippen LogP contribution in [0.2, 0.25) is 0 Å². The third-order valence-corrected chi connectivity index (χ3v) is 3.34. The predicted octanol–water partition coefficient (Wildman–Crippen LogP) is 2.17. The Hall–Kier alpha value is -2.89. The van der Waals surface area contributed by atoms with E-state index in [4.69, 9.17) is 4.74 Å². The first kappa shape index (κ1) is 16.5. The van der Waals surface area contributed by atoms with Crippen LogP contribution in [0, 0.1) is 13.8 Å². The van der Waals surface area contributed by atoms with Crippen LogP contribution in [0.4, 0.5) is 0 Å². The van der Waals surface area contributed by atoms with Crippen LogP contribution in [0.1, 0.15) is 28.5 Å². The van der Waals surface area contributed by atoms with Crippen molar-refractivity contribution in [2.24, 2.45) is 0 Å². The molecule has 0 aliphatic carbocycles. The summed E-state index contributed by atoms with van der Waals surface area (Å²) < 4.78 is 11.4. The molecule has 2 aromatic rings. The summed E-state index contributed by atoms with van der Waals surface area (Å²) in [6.45, 7) is 4.94. The van der Waals surface area contributed by atoms with E-state index in [-0.39, 0.29) is 11.0 Å². The summed E-state index contributed by atoms with van der Waals surface area (Å²) >= 11 is 0. The Morgan fingerprint density at radius 2 is 1.83 bits per heavy atom. The highest BCUT2D eigenvalue weighted by Crippen LogP contribution is 2.22. The average molecular weight is 315 g/mol. The zero-order valence-electron chi connectivity index (χ0n) is 13.4. The van der Waals surface area contributed by atoms with Gasteiger partial charge < -0.3 is 14.0 Å². The van der Waals surface area contributed by atoms with Gasteiger partial charge in [-0.15, -0.1) is 0 Å². The molecule has 1 heterocycles. The van der Waals surface area contributed by atoms with Gasteiger partial charge in [-0.1, -0.05) is 0 Å². The zero-order chi connectivity index (χ0) is 17.1. The van der Waals surface area contributed by atoms with E-state index in [2.05, 4.69) is 4.74 Å². The molecule has 0 atom stereocenters. The van der Waals surface area contributed by atoms with Crippen molar-refractivity contribution in [2.45, 2.75) is 20.8 Å². The van der Waals surface area contributed by atoms with Crippen LogP contribution in [0.3, 0.4) is 0 Å². The monoisotopic (exact) mass is 315 g/mol. The number of carbonyl (C=O) groups excluding carboxylic acids is 2. The minimum absolute atomic E-state index is 0.0402. The van der Waals surface area contributed by atoms with Gasteiger partial charge in [0.1, 0.15) is 11.3 Å². The van der Waals surface area contributed by atoms with Gasteiger partial charge in [-0.25, -0.2) is 4.79 Å². The highest BCUT2D eigenvalue weighted by molar-refractivity contribution is 5.89. The first-order chi connectivity index (χ1) is 10.8. The lowest BCUT2D eigenvalue weighted by Crippen LogP contribution is -2.19. The van der Waals surface area contributed by atoms with Gasteiger partial charge in [0.15, 0.2) is 5.43 Å². The third-order valence-electron chi connectivity index (χ3n) is 3.34. The highest BCUT2D eigenvalue weighted by atomic mass is 16.5. The summed E-state index contributed by atoms with van der Waals surface area (Å²) in [5.74, 6) is -0.645. The number of carbonyl (C=O) groups is 2. The van der Waals surface area contributed by atoms with E-state index >= 15 is 0 Å². The molecule has 2 rings (SSSR count). The molecule has 6 heteroatoms. The van der Waals surface area contributed by atoms with Crippen molar-refractivity contribution in [1.29, 1.82) is 0 Å². The van der Waals surface area contributed by atoms with Crippen molar-refractivity contribution in [3.63, 3.8) is 0 Å². The largest absolute Gasteiger partial charge is 0.465 e. The van der Waals surface area contributed by atoms with Crippen molar-refractivity contribution in [3.8, 4) is 11.4 Å². The van der Waals surface area contributed by atoms with E-state index in [0.717, 1.165) is 11.3 Å². The number of methoxy groups -OCH3 is 1. The molecule has 120 valence electrons. The van der Waals surface area contributed by atoms with Crippen LogP contribution >= 0.6 is 0 Å². The average Bonchev–Trinajstić information content (AvgIpc) is 2.47. The first-order valence-electron chi connectivity index (χ1n) is 6.94. The molecule has 0 saturated heterocycles. The fourth-order valence-corrected chi connectivity index (χ4v) is 2.28. The fraction of sp³-hybridized carbons (Fsp3) is 0.235. The van der Waals surface area contributed by atoms with Gasteiger partial charge in [-0.2, -0.15) is 0 Å². The molecular weight excluding hydrogens is 298 g/mol. The number of rotatable bonds is 3. The Bertz CT molecular complexity index is 835. The van der Waals surface area contributed by atoms with Crippen LogP contribution in [0.5, 0.6) is 5.75 Å². The predicted molar refractivity (Wildman–Crippen MR) is 84.2 cm³/mol. The van der Waals surface area contributed by atoms with Gasteiger partial charge in [-0.05, 0) is 37.6 Å². The number of aromatic nitrogens is 1. The summed E-state index contributed by atoms with van der Waals surface area (Å²) in [5, 5.41) is 0. The molecule has 0 radical (unpaired) electrons. The Kier molecular flexibility index (Phi) is 4.64. The van der Waals surface area contributed by atoms with E-state index in [9.17, 15) is 14.4 Å². The summed E-state index contributed by atoms with van der Waals surface area (Å²) in [5.41, 5.74) is 1.84. The number of aryl methyl sites for hydroxylation is 2. The summed E-state index contributed by atoms with van der Waals surface area (Å²) in [6, 6.07) is 6.50. The van der Waals surface area contributed by atoms with Gasteiger partial charge in [-0.3, -0.25) is 9.59 Å². The molecule has 1 aromatic heterocycles. The van der Waals surface area contributed by atoms with Gasteiger partial charge in [0, 0.05) is 30.6 Å². The van der Waals surface area contributed by atoms with E-state index in [1.54, 1.807) is 29.7 Å². The minimum atomic E-state index is -0.682. The fourth-order valence-electron chi connectivity index (χ4n) is 2.28. The molecule has 0 fully saturated rings. The molecule has 23 heavy (non-hydrogen) atoms. The molecule has 0 saturated carbocycles. The van der Waals surface area contributed by atoms with Crippen LogP contribution in [0.25, 0.3) is 5.69 Å². The normalized spacial score (nSPS) is 10.3. The summed E-state index contributed by atoms with van der Waals surface area (Å²) in [4.78, 5) is 34.6. The van der Waals surface area contributed by atoms with Crippen LogP contribution in [-0.2, 0) is 9.53 Å². The second kappa shape index (κ2) is 6.48. The summed E-state index contributed by atoms with van der Waals surface area (Å²) in [6.07, 6.45) is 1.46. The molecular formula is C17H17NO5. The van der Waals surface area contributed by atoms with E-state index in [1.165, 1.54) is 26.3 Å². The number of esters is 2. The number of benzene rings is 1. The van der Waals surface area contributed by atoms with Crippen LogP contribution < -0.4 is 10.2 Å². The Balaban J connectivity index is 2.56. The second-order valence-electron chi connectivity index (χ2n) is 5.10. The molecule has 1 aromatic carbocycles. The number of hydrogen-bond donors (Lipinski definition) is 0. The maximum atomic E-state index is 11.9. The standard InChI is InChI=1S/C17H17NO5/c1-10-7-13(23-12(3)19)5-6-15(10)18-9-14(17(21)22-4)16(20)8-11(18)2/h5-9H,1-4H3. The number of ether oxygens (including phenoxy) is 2. The van der Waals surface area contributed by atoms with Gasteiger partial charge >= 0.3 is 11.9 Å². The third kappa shape index (κ3) is 3.48. The first-order valence-corrected chi connectivity index (χ1v) is 6.94. The Labute approximate surface area is 133 Å². The molecule has 0 N–H and O–H groups in total. The van der Waals surface area contributed by atoms with Crippen LogP contribution in [0.15, 0.2) is 35.3 Å². The maximum absolute atomic E-state index is 11.9. The van der Waals surface area contributed by atoms with Gasteiger partial charge in [0.2, 0.25) is 0 Å². The lowest BCUT2D eigenvalue weighted by atomic mass is 10.1. The lowest BCUT2D eigenvalue weighted by Gasteiger charge is -2.15. The molecule has 0 spiro atoms. The molecule has 6 nitrogen and oxygen atoms in total. The Morgan fingerprint density at radius 1 is 1.13 bits per heavy atom. The van der Waals surface area contributed by atoms with E-state index < -0.39 is 11.9 Å². The lowest BCUT2D eigenvalue weighted by molar-refractivity contribution is -0.131. The number of nitrogens with zero attached hydrogens (tertiary/aromatic N) is 1. The number of hydrogen-bond acceptors (Lipinski definition) is 5. The highest BCUT2D eigenvalue weighted by Gasteiger charge is 2.14.